The average Bonchev–Trinajstić information content (AvgIpc) is 2.69. The number of anilines is 1. The quantitative estimate of drug-likeness (QED) is 0.867. The van der Waals surface area contributed by atoms with Gasteiger partial charge in [0.1, 0.15) is 0 Å². The zero-order valence-corrected chi connectivity index (χ0v) is 11.5. The van der Waals surface area contributed by atoms with Gasteiger partial charge in [0.25, 0.3) is 5.91 Å². The highest BCUT2D eigenvalue weighted by Gasteiger charge is 2.30. The Balaban J connectivity index is 1.91. The SMILES string of the molecule is NC(=O)c1cc(Cl)ccc1N1CCC2CCC(C1)N2. The normalized spacial score (nSPS) is 26.3. The molecule has 1 aromatic carbocycles. The molecule has 2 fully saturated rings. The van der Waals surface area contributed by atoms with Gasteiger partial charge in [-0.2, -0.15) is 0 Å². The summed E-state index contributed by atoms with van der Waals surface area (Å²) in [6.45, 7) is 1.88. The van der Waals surface area contributed by atoms with E-state index in [4.69, 9.17) is 17.3 Å². The first-order valence-corrected chi connectivity index (χ1v) is 7.11. The van der Waals surface area contributed by atoms with E-state index in [-0.39, 0.29) is 0 Å². The molecule has 0 aromatic heterocycles. The zero-order chi connectivity index (χ0) is 13.4. The topological polar surface area (TPSA) is 58.4 Å². The Hall–Kier alpha value is -1.26. The van der Waals surface area contributed by atoms with Crippen molar-refractivity contribution in [2.24, 2.45) is 5.73 Å². The van der Waals surface area contributed by atoms with Gasteiger partial charge in [-0.05, 0) is 37.5 Å². The van der Waals surface area contributed by atoms with Gasteiger partial charge >= 0.3 is 0 Å². The van der Waals surface area contributed by atoms with Gasteiger partial charge in [0, 0.05) is 35.9 Å². The fourth-order valence-electron chi connectivity index (χ4n) is 3.14. The van der Waals surface area contributed by atoms with Crippen molar-refractivity contribution in [2.45, 2.75) is 31.3 Å². The lowest BCUT2D eigenvalue weighted by atomic mass is 10.1. The molecular formula is C14H18ClN3O. The minimum Gasteiger partial charge on any atom is -0.369 e. The fourth-order valence-corrected chi connectivity index (χ4v) is 3.32. The molecule has 102 valence electrons. The molecule has 0 saturated carbocycles. The predicted molar refractivity (Wildman–Crippen MR) is 76.7 cm³/mol. The van der Waals surface area contributed by atoms with E-state index < -0.39 is 5.91 Å². The molecule has 2 bridgehead atoms. The van der Waals surface area contributed by atoms with Crippen LogP contribution in [0.5, 0.6) is 0 Å². The molecule has 1 aromatic rings. The second-order valence-electron chi connectivity index (χ2n) is 5.40. The molecule has 4 nitrogen and oxygen atoms in total. The van der Waals surface area contributed by atoms with Crippen LogP contribution < -0.4 is 16.0 Å². The van der Waals surface area contributed by atoms with Crippen molar-refractivity contribution in [3.63, 3.8) is 0 Å². The Bertz CT molecular complexity index is 505. The van der Waals surface area contributed by atoms with E-state index in [2.05, 4.69) is 10.2 Å². The van der Waals surface area contributed by atoms with Crippen LogP contribution in [0.25, 0.3) is 0 Å². The number of nitrogens with one attached hydrogen (secondary N) is 1. The lowest BCUT2D eigenvalue weighted by Crippen LogP contribution is -2.36. The van der Waals surface area contributed by atoms with Crippen LogP contribution in [0.1, 0.15) is 29.6 Å². The molecule has 3 rings (SSSR count). The number of rotatable bonds is 2. The van der Waals surface area contributed by atoms with Crippen molar-refractivity contribution in [2.75, 3.05) is 18.0 Å². The smallest absolute Gasteiger partial charge is 0.250 e. The molecule has 2 saturated heterocycles. The summed E-state index contributed by atoms with van der Waals surface area (Å²) < 4.78 is 0. The second-order valence-corrected chi connectivity index (χ2v) is 5.83. The van der Waals surface area contributed by atoms with E-state index in [1.54, 1.807) is 6.07 Å². The third-order valence-electron chi connectivity index (χ3n) is 4.09. The standard InChI is InChI=1S/C14H18ClN3O/c15-9-1-4-13(12(7-9)14(16)19)18-6-5-10-2-3-11(8-18)17-10/h1,4,7,10-11,17H,2-3,5-6,8H2,(H2,16,19). The van der Waals surface area contributed by atoms with Crippen LogP contribution in [0.3, 0.4) is 0 Å². The number of amides is 1. The van der Waals surface area contributed by atoms with Crippen molar-refractivity contribution >= 4 is 23.2 Å². The van der Waals surface area contributed by atoms with E-state index in [9.17, 15) is 4.79 Å². The van der Waals surface area contributed by atoms with Gasteiger partial charge in [0.05, 0.1) is 5.56 Å². The number of nitrogens with zero attached hydrogens (tertiary/aromatic N) is 1. The van der Waals surface area contributed by atoms with E-state index in [0.717, 1.165) is 25.2 Å². The number of carbonyl (C=O) groups excluding carboxylic acids is 1. The molecule has 2 atom stereocenters. The summed E-state index contributed by atoms with van der Waals surface area (Å²) in [7, 11) is 0. The third kappa shape index (κ3) is 2.55. The Labute approximate surface area is 117 Å². The summed E-state index contributed by atoms with van der Waals surface area (Å²) in [6, 6.07) is 6.53. The summed E-state index contributed by atoms with van der Waals surface area (Å²) in [4.78, 5) is 13.8. The lowest BCUT2D eigenvalue weighted by Gasteiger charge is -2.28. The first-order chi connectivity index (χ1) is 9.13. The van der Waals surface area contributed by atoms with Gasteiger partial charge in [-0.25, -0.2) is 0 Å². The maximum absolute atomic E-state index is 11.6. The summed E-state index contributed by atoms with van der Waals surface area (Å²) in [5.74, 6) is -0.417. The number of fused-ring (bicyclic) bond motifs is 2. The third-order valence-corrected chi connectivity index (χ3v) is 4.32. The van der Waals surface area contributed by atoms with Crippen molar-refractivity contribution in [1.82, 2.24) is 5.32 Å². The summed E-state index contributed by atoms with van der Waals surface area (Å²) in [6.07, 6.45) is 3.58. The van der Waals surface area contributed by atoms with Gasteiger partial charge in [0.15, 0.2) is 0 Å². The molecule has 0 spiro atoms. The van der Waals surface area contributed by atoms with Crippen molar-refractivity contribution in [3.05, 3.63) is 28.8 Å². The molecule has 2 aliphatic heterocycles. The first kappa shape index (κ1) is 12.8. The van der Waals surface area contributed by atoms with E-state index >= 15 is 0 Å². The summed E-state index contributed by atoms with van der Waals surface area (Å²) in [5.41, 5.74) is 6.89. The molecule has 0 radical (unpaired) electrons. The molecule has 3 N–H and O–H groups in total. The fraction of sp³-hybridized carbons (Fsp3) is 0.500. The molecule has 1 amide bonds. The molecule has 2 unspecified atom stereocenters. The average molecular weight is 280 g/mol. The molecule has 0 aliphatic carbocycles. The number of hydrogen-bond acceptors (Lipinski definition) is 3. The summed E-state index contributed by atoms with van der Waals surface area (Å²) in [5, 5.41) is 4.18. The number of halogens is 1. The highest BCUT2D eigenvalue weighted by molar-refractivity contribution is 6.31. The highest BCUT2D eigenvalue weighted by atomic mass is 35.5. The Kier molecular flexibility index (Phi) is 3.37. The first-order valence-electron chi connectivity index (χ1n) is 6.74. The lowest BCUT2D eigenvalue weighted by molar-refractivity contribution is 0.100. The van der Waals surface area contributed by atoms with Crippen LogP contribution in [0, 0.1) is 0 Å². The van der Waals surface area contributed by atoms with Crippen molar-refractivity contribution < 1.29 is 4.79 Å². The number of benzene rings is 1. The Morgan fingerprint density at radius 3 is 2.89 bits per heavy atom. The molecule has 2 aliphatic rings. The van der Waals surface area contributed by atoms with E-state index in [1.807, 2.05) is 12.1 Å². The zero-order valence-electron chi connectivity index (χ0n) is 10.7. The van der Waals surface area contributed by atoms with Gasteiger partial charge < -0.3 is 16.0 Å². The van der Waals surface area contributed by atoms with Crippen LogP contribution >= 0.6 is 11.6 Å². The number of nitrogens with two attached hydrogens (primary N) is 1. The largest absolute Gasteiger partial charge is 0.369 e. The van der Waals surface area contributed by atoms with Gasteiger partial charge in [0.2, 0.25) is 0 Å². The minimum atomic E-state index is -0.417. The van der Waals surface area contributed by atoms with Crippen LogP contribution in [0.15, 0.2) is 18.2 Å². The van der Waals surface area contributed by atoms with E-state index in [0.29, 0.717) is 22.7 Å². The van der Waals surface area contributed by atoms with E-state index in [1.165, 1.54) is 12.8 Å². The van der Waals surface area contributed by atoms with Gasteiger partial charge in [-0.3, -0.25) is 4.79 Å². The number of hydrogen-bond donors (Lipinski definition) is 2. The maximum Gasteiger partial charge on any atom is 0.250 e. The molecular weight excluding hydrogens is 262 g/mol. The van der Waals surface area contributed by atoms with Crippen molar-refractivity contribution in [1.29, 1.82) is 0 Å². The Morgan fingerprint density at radius 1 is 1.32 bits per heavy atom. The van der Waals surface area contributed by atoms with Crippen LogP contribution in [-0.2, 0) is 0 Å². The number of carbonyl (C=O) groups is 1. The monoisotopic (exact) mass is 279 g/mol. The minimum absolute atomic E-state index is 0.417. The predicted octanol–water partition coefficient (Wildman–Crippen LogP) is 1.77. The molecule has 19 heavy (non-hydrogen) atoms. The van der Waals surface area contributed by atoms with Crippen molar-refractivity contribution in [3.8, 4) is 0 Å². The Morgan fingerprint density at radius 2 is 2.11 bits per heavy atom. The maximum atomic E-state index is 11.6. The van der Waals surface area contributed by atoms with Crippen LogP contribution in [0.2, 0.25) is 5.02 Å². The molecule has 2 heterocycles. The highest BCUT2D eigenvalue weighted by Crippen LogP contribution is 2.28. The summed E-state index contributed by atoms with van der Waals surface area (Å²) >= 11 is 5.96. The van der Waals surface area contributed by atoms with Crippen LogP contribution in [-0.4, -0.2) is 31.1 Å². The van der Waals surface area contributed by atoms with Crippen LogP contribution in [0.4, 0.5) is 5.69 Å². The van der Waals surface area contributed by atoms with Gasteiger partial charge in [-0.1, -0.05) is 11.6 Å². The second kappa shape index (κ2) is 5.02. The van der Waals surface area contributed by atoms with Gasteiger partial charge in [-0.15, -0.1) is 0 Å². The number of primary amides is 1. The molecule has 5 heteroatoms.